The molecule has 0 aliphatic rings. The van der Waals surface area contributed by atoms with Gasteiger partial charge < -0.3 is 0 Å². The fraction of sp³-hybridized carbons (Fsp3) is 0.211. The molecule has 0 fully saturated rings. The molecule has 0 N–H and O–H groups in total. The maximum absolute atomic E-state index is 13.1. The molecule has 9 heteroatoms. The number of para-hydroxylation sites is 1. The molecular formula is C19H18N4O3S2. The third-order valence-electron chi connectivity index (χ3n) is 4.35. The summed E-state index contributed by atoms with van der Waals surface area (Å²) >= 11 is 1.31. The molecule has 2 aromatic carbocycles. The van der Waals surface area contributed by atoms with Gasteiger partial charge in [-0.1, -0.05) is 54.2 Å². The summed E-state index contributed by atoms with van der Waals surface area (Å²) in [5.41, 5.74) is 1.56. The van der Waals surface area contributed by atoms with Crippen LogP contribution in [0, 0.1) is 0 Å². The van der Waals surface area contributed by atoms with Gasteiger partial charge in [0.2, 0.25) is 5.78 Å². The largest absolute Gasteiger partial charge is 0.272 e. The number of hydrogen-bond donors (Lipinski definition) is 0. The molecule has 0 saturated heterocycles. The Hall–Kier alpha value is -2.65. The van der Waals surface area contributed by atoms with E-state index in [1.807, 2.05) is 52.9 Å². The van der Waals surface area contributed by atoms with Crippen LogP contribution in [0.4, 0.5) is 0 Å². The van der Waals surface area contributed by atoms with Gasteiger partial charge in [0, 0.05) is 12.0 Å². The zero-order valence-corrected chi connectivity index (χ0v) is 16.8. The molecule has 7 nitrogen and oxygen atoms in total. The van der Waals surface area contributed by atoms with Gasteiger partial charge in [0.05, 0.1) is 23.2 Å². The first-order valence-corrected chi connectivity index (χ1v) is 11.7. The predicted octanol–water partition coefficient (Wildman–Crippen LogP) is 2.23. The van der Waals surface area contributed by atoms with Gasteiger partial charge in [-0.05, 0) is 17.7 Å². The second-order valence-corrected chi connectivity index (χ2v) is 9.81. The number of fused-ring (bicyclic) bond motifs is 3. The summed E-state index contributed by atoms with van der Waals surface area (Å²) in [5.74, 6) is 0.856. The molecule has 144 valence electrons. The van der Waals surface area contributed by atoms with Gasteiger partial charge in [-0.25, -0.2) is 8.42 Å². The van der Waals surface area contributed by atoms with Crippen LogP contribution in [0.3, 0.4) is 0 Å². The number of hydrogen-bond acceptors (Lipinski definition) is 6. The van der Waals surface area contributed by atoms with E-state index in [2.05, 4.69) is 10.2 Å². The van der Waals surface area contributed by atoms with Crippen molar-refractivity contribution in [3.05, 3.63) is 70.5 Å². The van der Waals surface area contributed by atoms with Crippen LogP contribution < -0.4 is 5.56 Å². The van der Waals surface area contributed by atoms with Crippen LogP contribution in [-0.4, -0.2) is 45.3 Å². The van der Waals surface area contributed by atoms with Crippen molar-refractivity contribution in [1.29, 1.82) is 0 Å². The normalized spacial score (nSPS) is 12.0. The van der Waals surface area contributed by atoms with Crippen molar-refractivity contribution in [3.63, 3.8) is 0 Å². The molecule has 0 radical (unpaired) electrons. The number of sulfone groups is 1. The van der Waals surface area contributed by atoms with Gasteiger partial charge in [-0.3, -0.25) is 13.8 Å². The number of aromatic nitrogens is 4. The van der Waals surface area contributed by atoms with E-state index in [0.717, 1.165) is 5.56 Å². The van der Waals surface area contributed by atoms with E-state index >= 15 is 0 Å². The minimum absolute atomic E-state index is 0.0498. The first-order valence-electron chi connectivity index (χ1n) is 8.65. The highest BCUT2D eigenvalue weighted by Gasteiger charge is 2.17. The number of thioether (sulfide) groups is 1. The van der Waals surface area contributed by atoms with Crippen molar-refractivity contribution in [2.75, 3.05) is 17.8 Å². The quantitative estimate of drug-likeness (QED) is 0.450. The Morgan fingerprint density at radius 2 is 1.71 bits per heavy atom. The lowest BCUT2D eigenvalue weighted by atomic mass is 10.2. The Labute approximate surface area is 165 Å². The third-order valence-corrected chi connectivity index (χ3v) is 6.48. The standard InChI is InChI=1S/C19H18N4O3S2/c1-28(25,26)12-11-27-19-21-20-18-22(13-14-7-3-2-4-8-14)17(24)15-9-5-6-10-16(15)23(18)19/h2-10H,11-13H2,1H3. The average molecular weight is 415 g/mol. The highest BCUT2D eigenvalue weighted by atomic mass is 32.2. The topological polar surface area (TPSA) is 86.3 Å². The van der Waals surface area contributed by atoms with Crippen LogP contribution >= 0.6 is 11.8 Å². The van der Waals surface area contributed by atoms with Crippen LogP contribution in [0.1, 0.15) is 5.56 Å². The van der Waals surface area contributed by atoms with Crippen LogP contribution in [-0.2, 0) is 16.4 Å². The molecule has 28 heavy (non-hydrogen) atoms. The van der Waals surface area contributed by atoms with Gasteiger partial charge >= 0.3 is 0 Å². The minimum atomic E-state index is -3.06. The number of rotatable bonds is 6. The molecule has 2 aromatic heterocycles. The van der Waals surface area contributed by atoms with E-state index in [-0.39, 0.29) is 11.3 Å². The van der Waals surface area contributed by atoms with E-state index in [9.17, 15) is 13.2 Å². The Bertz CT molecular complexity index is 1310. The highest BCUT2D eigenvalue weighted by molar-refractivity contribution is 8.00. The van der Waals surface area contributed by atoms with Crippen LogP contribution in [0.15, 0.2) is 64.5 Å². The third kappa shape index (κ3) is 3.67. The van der Waals surface area contributed by atoms with Gasteiger partial charge in [0.25, 0.3) is 5.56 Å². The van der Waals surface area contributed by atoms with Crippen molar-refractivity contribution in [2.24, 2.45) is 0 Å². The lowest BCUT2D eigenvalue weighted by molar-refractivity contribution is 0.603. The zero-order chi connectivity index (χ0) is 19.7. The summed E-state index contributed by atoms with van der Waals surface area (Å²) < 4.78 is 26.3. The molecule has 0 bridgehead atoms. The summed E-state index contributed by atoms with van der Waals surface area (Å²) in [6.07, 6.45) is 1.21. The Morgan fingerprint density at radius 1 is 1.00 bits per heavy atom. The lowest BCUT2D eigenvalue weighted by Gasteiger charge is -2.11. The van der Waals surface area contributed by atoms with Crippen molar-refractivity contribution in [3.8, 4) is 0 Å². The zero-order valence-electron chi connectivity index (χ0n) is 15.1. The Balaban J connectivity index is 1.87. The second kappa shape index (κ2) is 7.40. The summed E-state index contributed by atoms with van der Waals surface area (Å²) in [6, 6.07) is 17.0. The van der Waals surface area contributed by atoms with Crippen molar-refractivity contribution >= 4 is 38.3 Å². The summed E-state index contributed by atoms with van der Waals surface area (Å²) in [6.45, 7) is 0.375. The predicted molar refractivity (Wildman–Crippen MR) is 111 cm³/mol. The van der Waals surface area contributed by atoms with Crippen molar-refractivity contribution < 1.29 is 8.42 Å². The van der Waals surface area contributed by atoms with Gasteiger partial charge in [-0.2, -0.15) is 0 Å². The SMILES string of the molecule is CS(=O)(=O)CCSc1nnc2n(Cc3ccccc3)c(=O)c3ccccc3n12. The Kier molecular flexibility index (Phi) is 4.94. The summed E-state index contributed by atoms with van der Waals surface area (Å²) in [5, 5.41) is 9.61. The molecule has 0 spiro atoms. The molecule has 0 aliphatic heterocycles. The van der Waals surface area contributed by atoms with Gasteiger partial charge in [-0.15, -0.1) is 10.2 Å². The van der Waals surface area contributed by atoms with E-state index in [1.165, 1.54) is 18.0 Å². The molecule has 0 atom stereocenters. The first kappa shape index (κ1) is 18.7. The van der Waals surface area contributed by atoms with E-state index < -0.39 is 9.84 Å². The van der Waals surface area contributed by atoms with Crippen molar-refractivity contribution in [1.82, 2.24) is 19.2 Å². The van der Waals surface area contributed by atoms with Crippen LogP contribution in [0.5, 0.6) is 0 Å². The minimum Gasteiger partial charge on any atom is -0.272 e. The second-order valence-electron chi connectivity index (χ2n) is 6.49. The maximum Gasteiger partial charge on any atom is 0.263 e. The van der Waals surface area contributed by atoms with E-state index in [0.29, 0.717) is 34.1 Å². The molecule has 4 aromatic rings. The molecular weight excluding hydrogens is 396 g/mol. The first-order chi connectivity index (χ1) is 13.4. The van der Waals surface area contributed by atoms with Crippen molar-refractivity contribution in [2.45, 2.75) is 11.7 Å². The monoisotopic (exact) mass is 414 g/mol. The van der Waals surface area contributed by atoms with E-state index in [4.69, 9.17) is 0 Å². The summed E-state index contributed by atoms with van der Waals surface area (Å²) in [7, 11) is -3.06. The molecule has 0 unspecified atom stereocenters. The number of benzene rings is 2. The lowest BCUT2D eigenvalue weighted by Crippen LogP contribution is -2.24. The van der Waals surface area contributed by atoms with Crippen LogP contribution in [0.2, 0.25) is 0 Å². The molecule has 0 aliphatic carbocycles. The van der Waals surface area contributed by atoms with Crippen LogP contribution in [0.25, 0.3) is 16.7 Å². The van der Waals surface area contributed by atoms with Gasteiger partial charge in [0.15, 0.2) is 5.16 Å². The number of nitrogens with zero attached hydrogens (tertiary/aromatic N) is 4. The average Bonchev–Trinajstić information content (AvgIpc) is 3.09. The Morgan fingerprint density at radius 3 is 2.46 bits per heavy atom. The molecule has 0 amide bonds. The molecule has 0 saturated carbocycles. The maximum atomic E-state index is 13.1. The smallest absolute Gasteiger partial charge is 0.263 e. The van der Waals surface area contributed by atoms with Gasteiger partial charge in [0.1, 0.15) is 9.84 Å². The molecule has 4 rings (SSSR count). The fourth-order valence-electron chi connectivity index (χ4n) is 3.02. The highest BCUT2D eigenvalue weighted by Crippen LogP contribution is 2.22. The summed E-state index contributed by atoms with van der Waals surface area (Å²) in [4.78, 5) is 13.1. The fourth-order valence-corrected chi connectivity index (χ4v) is 5.15. The van der Waals surface area contributed by atoms with E-state index in [1.54, 1.807) is 10.6 Å². The molecule has 2 heterocycles.